The number of aryl methyl sites for hydroxylation is 1. The third-order valence-corrected chi connectivity index (χ3v) is 4.99. The van der Waals surface area contributed by atoms with Gasteiger partial charge in [0.15, 0.2) is 0 Å². The zero-order valence-electron chi connectivity index (χ0n) is 15.9. The number of benzene rings is 2. The number of nitrogens with zero attached hydrogens (tertiary/aromatic N) is 2. The summed E-state index contributed by atoms with van der Waals surface area (Å²) < 4.78 is 8.44. The summed E-state index contributed by atoms with van der Waals surface area (Å²) >= 11 is 3.36. The number of carbonyl (C=O) groups excluding carboxylic acids is 2. The lowest BCUT2D eigenvalue weighted by atomic mass is 10.2. The predicted molar refractivity (Wildman–Crippen MR) is 116 cm³/mol. The molecule has 2 aromatic carbocycles. The van der Waals surface area contributed by atoms with Crippen LogP contribution in [0.4, 0.5) is 0 Å². The van der Waals surface area contributed by atoms with Crippen LogP contribution in [-0.4, -0.2) is 21.4 Å². The number of ether oxygens (including phenoxy) is 1. The van der Waals surface area contributed by atoms with Gasteiger partial charge in [-0.2, -0.15) is 0 Å². The van der Waals surface area contributed by atoms with E-state index in [1.165, 1.54) is 6.20 Å². The molecule has 2 aromatic heterocycles. The first-order chi connectivity index (χ1) is 14.5. The third kappa shape index (κ3) is 4.18. The number of carbonyl (C=O) groups is 2. The first kappa shape index (κ1) is 19.7. The number of para-hydroxylation sites is 1. The molecule has 150 valence electrons. The van der Waals surface area contributed by atoms with Crippen LogP contribution in [0.5, 0.6) is 11.6 Å². The number of hydrogen-bond donors (Lipinski definition) is 2. The molecular weight excluding hydrogens is 448 g/mol. The molecule has 0 fully saturated rings. The molecule has 0 aliphatic carbocycles. The lowest BCUT2D eigenvalue weighted by molar-refractivity contribution is 0.0847. The van der Waals surface area contributed by atoms with Gasteiger partial charge in [-0.25, -0.2) is 4.98 Å². The van der Waals surface area contributed by atoms with E-state index in [1.807, 2.05) is 48.0 Å². The van der Waals surface area contributed by atoms with Gasteiger partial charge in [-0.1, -0.05) is 34.1 Å². The highest BCUT2D eigenvalue weighted by molar-refractivity contribution is 9.10. The number of amides is 2. The molecule has 2 N–H and O–H groups in total. The highest BCUT2D eigenvalue weighted by atomic mass is 79.9. The van der Waals surface area contributed by atoms with Gasteiger partial charge in [-0.3, -0.25) is 20.4 Å². The molecule has 8 heteroatoms. The van der Waals surface area contributed by atoms with Crippen molar-refractivity contribution in [3.8, 4) is 11.6 Å². The van der Waals surface area contributed by atoms with Gasteiger partial charge in [-0.05, 0) is 36.4 Å². The number of hydrazine groups is 1. The molecule has 0 spiro atoms. The number of hydrogen-bond acceptors (Lipinski definition) is 4. The maximum absolute atomic E-state index is 12.5. The summed E-state index contributed by atoms with van der Waals surface area (Å²) in [5, 5.41) is 0.808. The molecule has 7 nitrogen and oxygen atoms in total. The maximum atomic E-state index is 12.5. The minimum Gasteiger partial charge on any atom is -0.439 e. The van der Waals surface area contributed by atoms with Crippen LogP contribution in [0, 0.1) is 0 Å². The standard InChI is InChI=1S/C22H17BrN4O3/c1-27-13-18(17-4-2-3-5-19(17)27)22(29)26-25-21(28)14-6-11-20(24-12-14)30-16-9-7-15(23)8-10-16/h2-13H,1H3,(H,25,28)(H,26,29). The Kier molecular flexibility index (Phi) is 5.49. The molecule has 4 aromatic rings. The molecule has 4 rings (SSSR count). The maximum Gasteiger partial charge on any atom is 0.271 e. The first-order valence-electron chi connectivity index (χ1n) is 9.05. The molecule has 0 aliphatic rings. The largest absolute Gasteiger partial charge is 0.439 e. The van der Waals surface area contributed by atoms with Crippen LogP contribution in [0.1, 0.15) is 20.7 Å². The van der Waals surface area contributed by atoms with Crippen molar-refractivity contribution in [2.24, 2.45) is 7.05 Å². The van der Waals surface area contributed by atoms with Crippen LogP contribution in [0.15, 0.2) is 77.5 Å². The van der Waals surface area contributed by atoms with E-state index in [1.54, 1.807) is 30.5 Å². The molecule has 2 heterocycles. The smallest absolute Gasteiger partial charge is 0.271 e. The van der Waals surface area contributed by atoms with Gasteiger partial charge in [0, 0.05) is 40.9 Å². The summed E-state index contributed by atoms with van der Waals surface area (Å²) in [6, 6.07) is 18.0. The van der Waals surface area contributed by atoms with Crippen molar-refractivity contribution in [3.63, 3.8) is 0 Å². The summed E-state index contributed by atoms with van der Waals surface area (Å²) in [5.74, 6) is 0.105. The number of aromatic nitrogens is 2. The van der Waals surface area contributed by atoms with Crippen LogP contribution in [-0.2, 0) is 7.05 Å². The minimum atomic E-state index is -0.480. The normalized spacial score (nSPS) is 10.6. The van der Waals surface area contributed by atoms with Gasteiger partial charge < -0.3 is 9.30 Å². The lowest BCUT2D eigenvalue weighted by Gasteiger charge is -2.08. The molecule has 30 heavy (non-hydrogen) atoms. The van der Waals surface area contributed by atoms with E-state index in [0.29, 0.717) is 17.2 Å². The van der Waals surface area contributed by atoms with Crippen molar-refractivity contribution < 1.29 is 14.3 Å². The number of halogens is 1. The van der Waals surface area contributed by atoms with Gasteiger partial charge in [0.1, 0.15) is 5.75 Å². The van der Waals surface area contributed by atoms with Crippen molar-refractivity contribution in [3.05, 3.63) is 88.7 Å². The molecule has 0 unspecified atom stereocenters. The summed E-state index contributed by atoms with van der Waals surface area (Å²) in [6.45, 7) is 0. The van der Waals surface area contributed by atoms with Gasteiger partial charge in [-0.15, -0.1) is 0 Å². The summed E-state index contributed by atoms with van der Waals surface area (Å²) in [6.07, 6.45) is 3.11. The fourth-order valence-electron chi connectivity index (χ4n) is 2.97. The number of nitrogens with one attached hydrogen (secondary N) is 2. The van der Waals surface area contributed by atoms with E-state index in [-0.39, 0.29) is 5.56 Å². The van der Waals surface area contributed by atoms with Crippen LogP contribution in [0.3, 0.4) is 0 Å². The van der Waals surface area contributed by atoms with Crippen molar-refractivity contribution in [2.45, 2.75) is 0 Å². The van der Waals surface area contributed by atoms with Gasteiger partial charge in [0.2, 0.25) is 5.88 Å². The minimum absolute atomic E-state index is 0.288. The monoisotopic (exact) mass is 464 g/mol. The molecule has 2 amide bonds. The Morgan fingerprint density at radius 2 is 1.70 bits per heavy atom. The van der Waals surface area contributed by atoms with Gasteiger partial charge in [0.25, 0.3) is 11.8 Å². The number of fused-ring (bicyclic) bond motifs is 1. The van der Waals surface area contributed by atoms with Gasteiger partial charge in [0.05, 0.1) is 11.1 Å². The molecular formula is C22H17BrN4O3. The average molecular weight is 465 g/mol. The van der Waals surface area contributed by atoms with E-state index in [0.717, 1.165) is 15.4 Å². The zero-order valence-corrected chi connectivity index (χ0v) is 17.5. The molecule has 0 saturated carbocycles. The number of rotatable bonds is 4. The van der Waals surface area contributed by atoms with Crippen molar-refractivity contribution in [1.29, 1.82) is 0 Å². The van der Waals surface area contributed by atoms with Crippen LogP contribution >= 0.6 is 15.9 Å². The number of pyridine rings is 1. The van der Waals surface area contributed by atoms with E-state index < -0.39 is 11.8 Å². The molecule has 0 atom stereocenters. The Morgan fingerprint density at radius 3 is 2.43 bits per heavy atom. The third-order valence-electron chi connectivity index (χ3n) is 4.47. The average Bonchev–Trinajstić information content (AvgIpc) is 3.11. The van der Waals surface area contributed by atoms with Crippen LogP contribution in [0.25, 0.3) is 10.9 Å². The Morgan fingerprint density at radius 1 is 0.967 bits per heavy atom. The topological polar surface area (TPSA) is 85.2 Å². The zero-order chi connectivity index (χ0) is 21.1. The van der Waals surface area contributed by atoms with E-state index in [9.17, 15) is 9.59 Å². The first-order valence-corrected chi connectivity index (χ1v) is 9.85. The highest BCUT2D eigenvalue weighted by Crippen LogP contribution is 2.22. The van der Waals surface area contributed by atoms with Crippen molar-refractivity contribution in [1.82, 2.24) is 20.4 Å². The summed E-state index contributed by atoms with van der Waals surface area (Å²) in [5.41, 5.74) is 6.56. The van der Waals surface area contributed by atoms with E-state index in [4.69, 9.17) is 4.74 Å². The van der Waals surface area contributed by atoms with Crippen LogP contribution < -0.4 is 15.6 Å². The molecule has 0 aliphatic heterocycles. The second-order valence-electron chi connectivity index (χ2n) is 6.52. The molecule has 0 radical (unpaired) electrons. The Balaban J connectivity index is 1.39. The van der Waals surface area contributed by atoms with Gasteiger partial charge >= 0.3 is 0 Å². The summed E-state index contributed by atoms with van der Waals surface area (Å²) in [7, 11) is 1.86. The molecule has 0 bridgehead atoms. The second-order valence-corrected chi connectivity index (χ2v) is 7.44. The fraction of sp³-hybridized carbons (Fsp3) is 0.0455. The predicted octanol–water partition coefficient (Wildman–Crippen LogP) is 4.20. The molecule has 0 saturated heterocycles. The van der Waals surface area contributed by atoms with Crippen molar-refractivity contribution >= 4 is 38.6 Å². The highest BCUT2D eigenvalue weighted by Gasteiger charge is 2.15. The summed E-state index contributed by atoms with van der Waals surface area (Å²) in [4.78, 5) is 29.0. The Labute approximate surface area is 180 Å². The van der Waals surface area contributed by atoms with Crippen LogP contribution in [0.2, 0.25) is 0 Å². The van der Waals surface area contributed by atoms with E-state index >= 15 is 0 Å². The SMILES string of the molecule is Cn1cc(C(=O)NNC(=O)c2ccc(Oc3ccc(Br)cc3)nc2)c2ccccc21. The Bertz CT molecular complexity index is 1220. The second kappa shape index (κ2) is 8.38. The van der Waals surface area contributed by atoms with E-state index in [2.05, 4.69) is 31.8 Å². The van der Waals surface area contributed by atoms with Crippen molar-refractivity contribution in [2.75, 3.05) is 0 Å². The fourth-order valence-corrected chi connectivity index (χ4v) is 3.24. The lowest BCUT2D eigenvalue weighted by Crippen LogP contribution is -2.41. The quantitative estimate of drug-likeness (QED) is 0.443. The Hall–Kier alpha value is -3.65.